The predicted molar refractivity (Wildman–Crippen MR) is 89.4 cm³/mol. The van der Waals surface area contributed by atoms with Crippen LogP contribution in [0.3, 0.4) is 0 Å². The van der Waals surface area contributed by atoms with Gasteiger partial charge in [0.2, 0.25) is 5.91 Å². The first-order valence-corrected chi connectivity index (χ1v) is 9.13. The summed E-state index contributed by atoms with van der Waals surface area (Å²) in [6.45, 7) is 6.22. The molecule has 0 unspecified atom stereocenters. The van der Waals surface area contributed by atoms with E-state index in [-0.39, 0.29) is 11.8 Å². The highest BCUT2D eigenvalue weighted by Gasteiger charge is 2.10. The Labute approximate surface area is 131 Å². The van der Waals surface area contributed by atoms with Gasteiger partial charge in [-0.25, -0.2) is 0 Å². The van der Waals surface area contributed by atoms with Crippen LogP contribution in [0.5, 0.6) is 0 Å². The Morgan fingerprint density at radius 2 is 1.15 bits per heavy atom. The number of carbonyl (C=O) groups is 1. The molecule has 0 heterocycles. The van der Waals surface area contributed by atoms with Gasteiger partial charge in [0.25, 0.3) is 0 Å². The number of amides is 1. The van der Waals surface area contributed by atoms with Crippen LogP contribution in [-0.4, -0.2) is 29.8 Å². The molecule has 120 valence electrons. The van der Waals surface area contributed by atoms with Gasteiger partial charge in [0.05, 0.1) is 0 Å². The lowest BCUT2D eigenvalue weighted by molar-refractivity contribution is -0.128. The van der Waals surface area contributed by atoms with E-state index >= 15 is 0 Å². The second-order valence-electron chi connectivity index (χ2n) is 5.70. The zero-order chi connectivity index (χ0) is 15.1. The molecule has 0 radical (unpaired) electrons. The highest BCUT2D eigenvalue weighted by atomic mass is 35.5. The summed E-state index contributed by atoms with van der Waals surface area (Å²) in [6, 6.07) is 0. The lowest BCUT2D eigenvalue weighted by atomic mass is 10.1. The fourth-order valence-corrected chi connectivity index (χ4v) is 2.60. The van der Waals surface area contributed by atoms with Crippen LogP contribution in [0.2, 0.25) is 0 Å². The number of nitrogens with zero attached hydrogens (tertiary/aromatic N) is 1. The minimum atomic E-state index is 0.103. The van der Waals surface area contributed by atoms with Crippen LogP contribution < -0.4 is 0 Å². The Bertz CT molecular complexity index is 221. The molecule has 0 aliphatic carbocycles. The molecule has 20 heavy (non-hydrogen) atoms. The molecule has 0 fully saturated rings. The van der Waals surface area contributed by atoms with Crippen LogP contribution in [0.4, 0.5) is 0 Å². The van der Waals surface area contributed by atoms with E-state index < -0.39 is 0 Å². The van der Waals surface area contributed by atoms with Crippen molar-refractivity contribution in [3.05, 3.63) is 0 Å². The molecule has 0 aromatic heterocycles. The third kappa shape index (κ3) is 11.6. The van der Waals surface area contributed by atoms with Crippen molar-refractivity contribution in [2.75, 3.05) is 19.0 Å². The molecule has 0 saturated heterocycles. The van der Waals surface area contributed by atoms with Gasteiger partial charge < -0.3 is 4.90 Å². The summed E-state index contributed by atoms with van der Waals surface area (Å²) in [4.78, 5) is 13.7. The maximum Gasteiger partial charge on any atom is 0.237 e. The molecule has 0 aromatic carbocycles. The molecular formula is C17H34ClNO. The SMILES string of the molecule is CCCCCCCCCCN(CCCCC)C(=O)CCl. The van der Waals surface area contributed by atoms with Gasteiger partial charge in [-0.3, -0.25) is 4.79 Å². The van der Waals surface area contributed by atoms with Gasteiger partial charge in [0, 0.05) is 13.1 Å². The van der Waals surface area contributed by atoms with E-state index in [0.29, 0.717) is 0 Å². The maximum atomic E-state index is 11.7. The highest BCUT2D eigenvalue weighted by molar-refractivity contribution is 6.27. The van der Waals surface area contributed by atoms with Crippen LogP contribution in [-0.2, 0) is 4.79 Å². The molecular weight excluding hydrogens is 270 g/mol. The first-order valence-electron chi connectivity index (χ1n) is 8.60. The average molecular weight is 304 g/mol. The zero-order valence-electron chi connectivity index (χ0n) is 13.6. The molecule has 0 bridgehead atoms. The third-order valence-corrected chi connectivity index (χ3v) is 4.01. The Morgan fingerprint density at radius 1 is 0.750 bits per heavy atom. The average Bonchev–Trinajstić information content (AvgIpc) is 2.47. The van der Waals surface area contributed by atoms with Crippen molar-refractivity contribution in [1.29, 1.82) is 0 Å². The summed E-state index contributed by atoms with van der Waals surface area (Å²) in [7, 11) is 0. The molecule has 0 aliphatic heterocycles. The fraction of sp³-hybridized carbons (Fsp3) is 0.941. The summed E-state index contributed by atoms with van der Waals surface area (Å²) >= 11 is 5.68. The van der Waals surface area contributed by atoms with Crippen LogP contribution in [0.15, 0.2) is 0 Å². The standard InChI is InChI=1S/C17H34ClNO/c1-3-5-7-8-9-10-11-13-15-19(17(20)16-18)14-12-6-4-2/h3-16H2,1-2H3. The predicted octanol–water partition coefficient (Wildman–Crippen LogP) is 5.38. The van der Waals surface area contributed by atoms with E-state index in [9.17, 15) is 4.79 Å². The van der Waals surface area contributed by atoms with Crippen LogP contribution in [0.1, 0.15) is 84.5 Å². The molecule has 0 spiro atoms. The molecule has 0 rings (SSSR count). The highest BCUT2D eigenvalue weighted by Crippen LogP contribution is 2.09. The first kappa shape index (κ1) is 19.8. The Kier molecular flexibility index (Phi) is 15.0. The van der Waals surface area contributed by atoms with Gasteiger partial charge in [0.15, 0.2) is 0 Å². The van der Waals surface area contributed by atoms with Crippen molar-refractivity contribution in [2.24, 2.45) is 0 Å². The van der Waals surface area contributed by atoms with E-state index in [2.05, 4.69) is 13.8 Å². The molecule has 0 aromatic rings. The van der Waals surface area contributed by atoms with Gasteiger partial charge in [0.1, 0.15) is 5.88 Å². The van der Waals surface area contributed by atoms with Crippen molar-refractivity contribution in [3.63, 3.8) is 0 Å². The van der Waals surface area contributed by atoms with Crippen LogP contribution >= 0.6 is 11.6 Å². The van der Waals surface area contributed by atoms with Crippen molar-refractivity contribution >= 4 is 17.5 Å². The maximum absolute atomic E-state index is 11.7. The molecule has 2 nitrogen and oxygen atoms in total. The van der Waals surface area contributed by atoms with E-state index in [1.807, 2.05) is 4.90 Å². The first-order chi connectivity index (χ1) is 9.76. The Hall–Kier alpha value is -0.240. The van der Waals surface area contributed by atoms with Crippen molar-refractivity contribution < 1.29 is 4.79 Å². The smallest absolute Gasteiger partial charge is 0.237 e. The van der Waals surface area contributed by atoms with E-state index in [1.54, 1.807) is 0 Å². The van der Waals surface area contributed by atoms with Gasteiger partial charge in [-0.1, -0.05) is 71.6 Å². The summed E-state index contributed by atoms with van der Waals surface area (Å²) < 4.78 is 0. The molecule has 0 aliphatic rings. The Balaban J connectivity index is 3.60. The second kappa shape index (κ2) is 15.2. The number of unbranched alkanes of at least 4 members (excludes halogenated alkanes) is 9. The van der Waals surface area contributed by atoms with Gasteiger partial charge in [-0.15, -0.1) is 11.6 Å². The normalized spacial score (nSPS) is 10.8. The van der Waals surface area contributed by atoms with E-state index in [0.717, 1.165) is 25.9 Å². The van der Waals surface area contributed by atoms with Gasteiger partial charge >= 0.3 is 0 Å². The summed E-state index contributed by atoms with van der Waals surface area (Å²) in [5.74, 6) is 0.231. The van der Waals surface area contributed by atoms with E-state index in [1.165, 1.54) is 57.8 Å². The number of rotatable bonds is 14. The summed E-state index contributed by atoms with van der Waals surface area (Å²) in [5.41, 5.74) is 0. The van der Waals surface area contributed by atoms with E-state index in [4.69, 9.17) is 11.6 Å². The topological polar surface area (TPSA) is 20.3 Å². The largest absolute Gasteiger partial charge is 0.342 e. The molecule has 3 heteroatoms. The lowest BCUT2D eigenvalue weighted by Crippen LogP contribution is -2.33. The molecule has 0 atom stereocenters. The summed E-state index contributed by atoms with van der Waals surface area (Å²) in [5, 5.41) is 0. The fourth-order valence-electron chi connectivity index (χ4n) is 2.43. The molecule has 1 amide bonds. The van der Waals surface area contributed by atoms with Crippen molar-refractivity contribution in [3.8, 4) is 0 Å². The zero-order valence-corrected chi connectivity index (χ0v) is 14.4. The number of carbonyl (C=O) groups excluding carboxylic acids is 1. The van der Waals surface area contributed by atoms with Crippen molar-refractivity contribution in [1.82, 2.24) is 4.90 Å². The number of alkyl halides is 1. The number of hydrogen-bond donors (Lipinski definition) is 0. The van der Waals surface area contributed by atoms with Gasteiger partial charge in [-0.05, 0) is 12.8 Å². The minimum absolute atomic E-state index is 0.103. The Morgan fingerprint density at radius 3 is 1.65 bits per heavy atom. The quantitative estimate of drug-likeness (QED) is 0.311. The lowest BCUT2D eigenvalue weighted by Gasteiger charge is -2.21. The van der Waals surface area contributed by atoms with Crippen LogP contribution in [0, 0.1) is 0 Å². The third-order valence-electron chi connectivity index (χ3n) is 3.78. The molecule has 0 N–H and O–H groups in total. The molecule has 0 saturated carbocycles. The summed E-state index contributed by atoms with van der Waals surface area (Å²) in [6.07, 6.45) is 14.0. The number of halogens is 1. The number of hydrogen-bond acceptors (Lipinski definition) is 1. The second-order valence-corrected chi connectivity index (χ2v) is 5.96. The monoisotopic (exact) mass is 303 g/mol. The van der Waals surface area contributed by atoms with Gasteiger partial charge in [-0.2, -0.15) is 0 Å². The van der Waals surface area contributed by atoms with Crippen molar-refractivity contribution in [2.45, 2.75) is 84.5 Å². The van der Waals surface area contributed by atoms with Crippen LogP contribution in [0.25, 0.3) is 0 Å². The minimum Gasteiger partial charge on any atom is -0.342 e.